The quantitative estimate of drug-likeness (QED) is 0.790. The summed E-state index contributed by atoms with van der Waals surface area (Å²) < 4.78 is 28.3. The molecule has 0 fully saturated rings. The fourth-order valence-corrected chi connectivity index (χ4v) is 2.08. The van der Waals surface area contributed by atoms with Crippen LogP contribution >= 0.6 is 34.8 Å². The molecule has 1 aromatic rings. The standard InChI is InChI=1S/C11H4Cl3F2NO3/c12-5-3-4(1-2-6(5)20-11(15)16)17-9(18)7(13)8(14)10(17)19/h1-3,11H. The van der Waals surface area contributed by atoms with Gasteiger partial charge >= 0.3 is 6.61 Å². The lowest BCUT2D eigenvalue weighted by atomic mass is 10.2. The molecule has 0 N–H and O–H groups in total. The first-order chi connectivity index (χ1) is 9.32. The number of halogens is 5. The first-order valence-electron chi connectivity index (χ1n) is 5.01. The Morgan fingerprint density at radius 2 is 1.60 bits per heavy atom. The SMILES string of the molecule is O=C1C(Cl)=C(Cl)C(=O)N1c1ccc(OC(F)F)c(Cl)c1. The summed E-state index contributed by atoms with van der Waals surface area (Å²) in [6.45, 7) is -3.04. The summed E-state index contributed by atoms with van der Waals surface area (Å²) in [5, 5.41) is -1.02. The number of carbonyl (C=O) groups is 2. The van der Waals surface area contributed by atoms with Crippen LogP contribution in [0.2, 0.25) is 5.02 Å². The van der Waals surface area contributed by atoms with Gasteiger partial charge in [-0.15, -0.1) is 0 Å². The molecule has 1 aliphatic rings. The smallest absolute Gasteiger partial charge is 0.387 e. The van der Waals surface area contributed by atoms with Crippen LogP contribution in [0.15, 0.2) is 28.3 Å². The number of rotatable bonds is 3. The van der Waals surface area contributed by atoms with Gasteiger partial charge in [-0.05, 0) is 18.2 Å². The average molecular weight is 343 g/mol. The van der Waals surface area contributed by atoms with E-state index in [2.05, 4.69) is 4.74 Å². The van der Waals surface area contributed by atoms with Gasteiger partial charge in [-0.2, -0.15) is 8.78 Å². The predicted octanol–water partition coefficient (Wildman–Crippen LogP) is 3.50. The van der Waals surface area contributed by atoms with Crippen molar-refractivity contribution in [2.45, 2.75) is 6.61 Å². The molecule has 2 rings (SSSR count). The molecule has 106 valence electrons. The van der Waals surface area contributed by atoms with Crippen molar-refractivity contribution in [3.63, 3.8) is 0 Å². The minimum atomic E-state index is -3.04. The van der Waals surface area contributed by atoms with E-state index in [9.17, 15) is 18.4 Å². The molecule has 0 radical (unpaired) electrons. The van der Waals surface area contributed by atoms with Crippen LogP contribution < -0.4 is 9.64 Å². The summed E-state index contributed by atoms with van der Waals surface area (Å²) in [7, 11) is 0. The normalized spacial score (nSPS) is 15.6. The van der Waals surface area contributed by atoms with Crippen LogP contribution in [-0.4, -0.2) is 18.4 Å². The Bertz CT molecular complexity index is 609. The van der Waals surface area contributed by atoms with E-state index in [-0.39, 0.29) is 16.5 Å². The number of carbonyl (C=O) groups excluding carboxylic acids is 2. The number of amides is 2. The van der Waals surface area contributed by atoms with Gasteiger partial charge in [0.15, 0.2) is 0 Å². The van der Waals surface area contributed by atoms with Crippen LogP contribution in [0.25, 0.3) is 0 Å². The largest absolute Gasteiger partial charge is 0.433 e. The molecule has 0 atom stereocenters. The Morgan fingerprint density at radius 3 is 2.05 bits per heavy atom. The number of benzene rings is 1. The molecular weight excluding hydrogens is 338 g/mol. The van der Waals surface area contributed by atoms with E-state index in [1.807, 2.05) is 0 Å². The maximum absolute atomic E-state index is 12.1. The van der Waals surface area contributed by atoms with Crippen molar-refractivity contribution in [2.75, 3.05) is 4.90 Å². The van der Waals surface area contributed by atoms with Crippen LogP contribution in [0.5, 0.6) is 5.75 Å². The highest BCUT2D eigenvalue weighted by Gasteiger charge is 2.38. The number of imide groups is 1. The zero-order valence-electron chi connectivity index (χ0n) is 9.37. The lowest BCUT2D eigenvalue weighted by Gasteiger charge is -2.15. The van der Waals surface area contributed by atoms with E-state index in [1.54, 1.807) is 0 Å². The minimum Gasteiger partial charge on any atom is -0.433 e. The molecule has 0 aromatic heterocycles. The number of alkyl halides is 2. The zero-order chi connectivity index (χ0) is 15.0. The third-order valence-corrected chi connectivity index (χ3v) is 3.46. The predicted molar refractivity (Wildman–Crippen MR) is 69.3 cm³/mol. The monoisotopic (exact) mass is 341 g/mol. The molecule has 0 spiro atoms. The first kappa shape index (κ1) is 15.0. The second kappa shape index (κ2) is 5.55. The third-order valence-electron chi connectivity index (χ3n) is 2.36. The lowest BCUT2D eigenvalue weighted by Crippen LogP contribution is -2.30. The van der Waals surface area contributed by atoms with Crippen LogP contribution in [0.4, 0.5) is 14.5 Å². The highest BCUT2D eigenvalue weighted by atomic mass is 35.5. The van der Waals surface area contributed by atoms with Crippen molar-refractivity contribution >= 4 is 52.3 Å². The van der Waals surface area contributed by atoms with Crippen LogP contribution in [-0.2, 0) is 9.59 Å². The third kappa shape index (κ3) is 2.59. The second-order valence-corrected chi connectivity index (χ2v) is 4.73. The van der Waals surface area contributed by atoms with Gasteiger partial charge in [0.1, 0.15) is 15.8 Å². The van der Waals surface area contributed by atoms with Crippen molar-refractivity contribution in [3.8, 4) is 5.75 Å². The van der Waals surface area contributed by atoms with Crippen molar-refractivity contribution in [1.29, 1.82) is 0 Å². The molecule has 1 aliphatic heterocycles. The summed E-state index contributed by atoms with van der Waals surface area (Å²) in [5.41, 5.74) is 0.0421. The molecule has 1 heterocycles. The summed E-state index contributed by atoms with van der Waals surface area (Å²) in [6, 6.07) is 3.43. The Morgan fingerprint density at radius 1 is 1.05 bits per heavy atom. The maximum atomic E-state index is 12.1. The summed E-state index contributed by atoms with van der Waals surface area (Å²) in [5.74, 6) is -1.92. The molecule has 0 saturated carbocycles. The topological polar surface area (TPSA) is 46.6 Å². The number of anilines is 1. The van der Waals surface area contributed by atoms with E-state index in [0.717, 1.165) is 12.1 Å². The zero-order valence-corrected chi connectivity index (χ0v) is 11.6. The fraction of sp³-hybridized carbons (Fsp3) is 0.0909. The molecule has 2 amide bonds. The molecule has 20 heavy (non-hydrogen) atoms. The average Bonchev–Trinajstić information content (AvgIpc) is 2.56. The molecule has 9 heteroatoms. The molecule has 0 unspecified atom stereocenters. The number of hydrogen-bond donors (Lipinski definition) is 0. The van der Waals surface area contributed by atoms with Gasteiger partial charge in [0.25, 0.3) is 11.8 Å². The Kier molecular flexibility index (Phi) is 4.17. The fourth-order valence-electron chi connectivity index (χ4n) is 1.53. The van der Waals surface area contributed by atoms with E-state index < -0.39 is 28.5 Å². The van der Waals surface area contributed by atoms with E-state index in [4.69, 9.17) is 34.8 Å². The minimum absolute atomic E-state index is 0.0421. The Balaban J connectivity index is 2.34. The van der Waals surface area contributed by atoms with Gasteiger partial charge < -0.3 is 4.74 Å². The van der Waals surface area contributed by atoms with Gasteiger partial charge in [0.05, 0.1) is 10.7 Å². The number of hydrogen-bond acceptors (Lipinski definition) is 3. The van der Waals surface area contributed by atoms with Crippen molar-refractivity contribution in [2.24, 2.45) is 0 Å². The molecule has 1 aromatic carbocycles. The Labute approximate surface area is 126 Å². The highest BCUT2D eigenvalue weighted by molar-refractivity contribution is 6.62. The summed E-state index contributed by atoms with van der Waals surface area (Å²) in [4.78, 5) is 24.2. The van der Waals surface area contributed by atoms with Crippen molar-refractivity contribution in [3.05, 3.63) is 33.3 Å². The molecule has 0 aliphatic carbocycles. The van der Waals surface area contributed by atoms with Gasteiger partial charge in [-0.25, -0.2) is 4.90 Å². The molecule has 0 saturated heterocycles. The van der Waals surface area contributed by atoms with Crippen LogP contribution in [0, 0.1) is 0 Å². The first-order valence-corrected chi connectivity index (χ1v) is 6.14. The van der Waals surface area contributed by atoms with E-state index in [0.29, 0.717) is 4.90 Å². The van der Waals surface area contributed by atoms with E-state index >= 15 is 0 Å². The van der Waals surface area contributed by atoms with Gasteiger partial charge in [0, 0.05) is 0 Å². The van der Waals surface area contributed by atoms with Crippen LogP contribution in [0.3, 0.4) is 0 Å². The lowest BCUT2D eigenvalue weighted by molar-refractivity contribution is -0.120. The van der Waals surface area contributed by atoms with Gasteiger partial charge in [0.2, 0.25) is 0 Å². The number of nitrogens with zero attached hydrogens (tertiary/aromatic N) is 1. The summed E-state index contributed by atoms with van der Waals surface area (Å²) >= 11 is 16.9. The molecule has 4 nitrogen and oxygen atoms in total. The maximum Gasteiger partial charge on any atom is 0.387 e. The molecule has 0 bridgehead atoms. The van der Waals surface area contributed by atoms with Crippen molar-refractivity contribution < 1.29 is 23.1 Å². The van der Waals surface area contributed by atoms with Crippen LogP contribution in [0.1, 0.15) is 0 Å². The number of ether oxygens (including phenoxy) is 1. The van der Waals surface area contributed by atoms with Crippen molar-refractivity contribution in [1.82, 2.24) is 0 Å². The summed E-state index contributed by atoms with van der Waals surface area (Å²) in [6.07, 6.45) is 0. The Hall–Kier alpha value is -1.37. The second-order valence-electron chi connectivity index (χ2n) is 3.57. The van der Waals surface area contributed by atoms with Gasteiger partial charge in [-0.1, -0.05) is 34.8 Å². The molecular formula is C11H4Cl3F2NO3. The van der Waals surface area contributed by atoms with Gasteiger partial charge in [-0.3, -0.25) is 9.59 Å². The van der Waals surface area contributed by atoms with E-state index in [1.165, 1.54) is 6.07 Å². The highest BCUT2D eigenvalue weighted by Crippen LogP contribution is 2.35.